The Labute approximate surface area is 167 Å². The topological polar surface area (TPSA) is 87.0 Å². The molecule has 2 aromatic heterocycles. The lowest BCUT2D eigenvalue weighted by Gasteiger charge is -2.13. The number of amides is 2. The molecule has 2 heterocycles. The maximum Gasteiger partial charge on any atom is 0.319 e. The van der Waals surface area contributed by atoms with Crippen LogP contribution in [0.5, 0.6) is 11.6 Å². The quantitative estimate of drug-likeness (QED) is 0.604. The third kappa shape index (κ3) is 5.83. The van der Waals surface area contributed by atoms with Crippen molar-refractivity contribution in [1.82, 2.24) is 10.3 Å². The summed E-state index contributed by atoms with van der Waals surface area (Å²) in [4.78, 5) is 17.5. The van der Waals surface area contributed by atoms with Gasteiger partial charge in [-0.2, -0.15) is 5.26 Å². The molecule has 0 bridgehead atoms. The molecule has 142 valence electrons. The summed E-state index contributed by atoms with van der Waals surface area (Å²) in [6.07, 6.45) is 2.39. The van der Waals surface area contributed by atoms with E-state index in [9.17, 15) is 4.79 Å². The number of benzene rings is 1. The zero-order valence-corrected chi connectivity index (χ0v) is 16.2. The van der Waals surface area contributed by atoms with Gasteiger partial charge in [0.25, 0.3) is 0 Å². The summed E-state index contributed by atoms with van der Waals surface area (Å²) in [5.74, 6) is 1.27. The molecule has 0 saturated carbocycles. The second kappa shape index (κ2) is 9.53. The Morgan fingerprint density at radius 2 is 2.18 bits per heavy atom. The van der Waals surface area contributed by atoms with Crippen LogP contribution in [0.4, 0.5) is 10.5 Å². The monoisotopic (exact) mass is 392 g/mol. The summed E-state index contributed by atoms with van der Waals surface area (Å²) in [6, 6.07) is 16.2. The number of nitrogens with one attached hydrogen (secondary N) is 2. The van der Waals surface area contributed by atoms with Crippen molar-refractivity contribution in [2.24, 2.45) is 5.92 Å². The second-order valence-corrected chi connectivity index (χ2v) is 7.38. The Bertz CT molecular complexity index is 949. The van der Waals surface area contributed by atoms with Gasteiger partial charge in [0.1, 0.15) is 11.8 Å². The Balaban J connectivity index is 1.50. The van der Waals surface area contributed by atoms with Gasteiger partial charge in [-0.15, -0.1) is 11.3 Å². The van der Waals surface area contributed by atoms with Crippen LogP contribution < -0.4 is 15.4 Å². The minimum atomic E-state index is -0.258. The first-order chi connectivity index (χ1) is 13.6. The summed E-state index contributed by atoms with van der Waals surface area (Å²) >= 11 is 1.73. The van der Waals surface area contributed by atoms with Gasteiger partial charge in [0.05, 0.1) is 5.56 Å². The lowest BCUT2D eigenvalue weighted by atomic mass is 10.1. The number of anilines is 1. The highest BCUT2D eigenvalue weighted by Crippen LogP contribution is 2.22. The minimum absolute atomic E-state index is 0.258. The third-order valence-corrected chi connectivity index (χ3v) is 4.82. The Morgan fingerprint density at radius 3 is 2.89 bits per heavy atom. The van der Waals surface area contributed by atoms with Crippen LogP contribution in [0.15, 0.2) is 60.1 Å². The maximum atomic E-state index is 12.2. The fourth-order valence-corrected chi connectivity index (χ4v) is 3.42. The van der Waals surface area contributed by atoms with Crippen molar-refractivity contribution in [3.8, 4) is 17.7 Å². The molecule has 0 spiro atoms. The number of aromatic nitrogens is 1. The lowest BCUT2D eigenvalue weighted by molar-refractivity contribution is 0.250. The highest BCUT2D eigenvalue weighted by atomic mass is 32.1. The van der Waals surface area contributed by atoms with Gasteiger partial charge >= 0.3 is 6.03 Å². The fourth-order valence-electron chi connectivity index (χ4n) is 2.55. The molecule has 0 aliphatic rings. The van der Waals surface area contributed by atoms with Crippen molar-refractivity contribution in [2.75, 3.05) is 11.9 Å². The third-order valence-electron chi connectivity index (χ3n) is 3.92. The Kier molecular flexibility index (Phi) is 6.60. The van der Waals surface area contributed by atoms with Gasteiger partial charge in [-0.1, -0.05) is 19.1 Å². The van der Waals surface area contributed by atoms with E-state index in [1.54, 1.807) is 47.7 Å². The number of carbonyl (C=O) groups excluding carboxylic acids is 1. The maximum absolute atomic E-state index is 12.2. The number of urea groups is 1. The Morgan fingerprint density at radius 1 is 1.29 bits per heavy atom. The van der Waals surface area contributed by atoms with Gasteiger partial charge in [-0.05, 0) is 42.0 Å². The zero-order valence-electron chi connectivity index (χ0n) is 15.4. The second-order valence-electron chi connectivity index (χ2n) is 6.35. The highest BCUT2D eigenvalue weighted by Gasteiger charge is 2.08. The molecule has 0 aliphatic heterocycles. The summed E-state index contributed by atoms with van der Waals surface area (Å²) in [7, 11) is 0. The van der Waals surface area contributed by atoms with Crippen molar-refractivity contribution in [1.29, 1.82) is 5.26 Å². The van der Waals surface area contributed by atoms with E-state index < -0.39 is 0 Å². The molecule has 0 radical (unpaired) electrons. The number of hydrogen-bond donors (Lipinski definition) is 2. The summed E-state index contributed by atoms with van der Waals surface area (Å²) in [6.45, 7) is 2.70. The van der Waals surface area contributed by atoms with Gasteiger partial charge in [0.15, 0.2) is 0 Å². The van der Waals surface area contributed by atoms with Crippen molar-refractivity contribution in [3.05, 3.63) is 70.5 Å². The van der Waals surface area contributed by atoms with Gasteiger partial charge in [0, 0.05) is 35.4 Å². The molecule has 6 nitrogen and oxygen atoms in total. The molecule has 3 aromatic rings. The molecule has 28 heavy (non-hydrogen) atoms. The number of nitrogens with zero attached hydrogens (tertiary/aromatic N) is 2. The number of nitriles is 1. The molecule has 0 unspecified atom stereocenters. The number of carbonyl (C=O) groups is 1. The number of ether oxygens (including phenoxy) is 1. The average Bonchev–Trinajstić information content (AvgIpc) is 3.20. The van der Waals surface area contributed by atoms with E-state index in [4.69, 9.17) is 10.00 Å². The predicted molar refractivity (Wildman–Crippen MR) is 110 cm³/mol. The molecule has 2 amide bonds. The zero-order chi connectivity index (χ0) is 19.8. The van der Waals surface area contributed by atoms with Crippen LogP contribution in [0.3, 0.4) is 0 Å². The molecule has 0 fully saturated rings. The van der Waals surface area contributed by atoms with E-state index in [-0.39, 0.29) is 6.03 Å². The molecule has 7 heteroatoms. The van der Waals surface area contributed by atoms with Gasteiger partial charge < -0.3 is 15.4 Å². The van der Waals surface area contributed by atoms with E-state index in [1.165, 1.54) is 11.1 Å². The average molecular weight is 392 g/mol. The van der Waals surface area contributed by atoms with Crippen LogP contribution in [-0.4, -0.2) is 17.6 Å². The first kappa shape index (κ1) is 19.4. The van der Waals surface area contributed by atoms with Gasteiger partial charge in [0.2, 0.25) is 5.88 Å². The molecule has 0 saturated heterocycles. The van der Waals surface area contributed by atoms with Crippen LogP contribution in [0.25, 0.3) is 0 Å². The molecular weight excluding hydrogens is 372 g/mol. The van der Waals surface area contributed by atoms with Crippen LogP contribution >= 0.6 is 11.3 Å². The first-order valence-electron chi connectivity index (χ1n) is 8.83. The summed E-state index contributed by atoms with van der Waals surface area (Å²) in [5, 5.41) is 16.6. The normalized spacial score (nSPS) is 11.3. The van der Waals surface area contributed by atoms with Crippen molar-refractivity contribution in [3.63, 3.8) is 0 Å². The Hall–Kier alpha value is -3.37. The van der Waals surface area contributed by atoms with Crippen molar-refractivity contribution in [2.45, 2.75) is 13.3 Å². The molecule has 3 rings (SSSR count). The van der Waals surface area contributed by atoms with E-state index in [0.29, 0.717) is 35.3 Å². The van der Waals surface area contributed by atoms with Gasteiger partial charge in [-0.25, -0.2) is 9.78 Å². The van der Waals surface area contributed by atoms with E-state index in [0.717, 1.165) is 6.42 Å². The fraction of sp³-hybridized carbons (Fsp3) is 0.190. The van der Waals surface area contributed by atoms with Gasteiger partial charge in [-0.3, -0.25) is 0 Å². The molecule has 1 aromatic carbocycles. The number of hydrogen-bond acceptors (Lipinski definition) is 5. The molecule has 2 N–H and O–H groups in total. The van der Waals surface area contributed by atoms with Crippen LogP contribution in [-0.2, 0) is 6.42 Å². The SMILES string of the molecule is C[C@@H](CNC(=O)Nc1cccc(Oc2ccc(C#N)cn2)c1)Cc1cccs1. The first-order valence-corrected chi connectivity index (χ1v) is 9.71. The number of pyridine rings is 1. The lowest BCUT2D eigenvalue weighted by Crippen LogP contribution is -2.32. The standard InChI is InChI=1S/C21H20N4O2S/c1-15(10-19-6-3-9-28-19)13-24-21(26)25-17-4-2-5-18(11-17)27-20-8-7-16(12-22)14-23-20/h2-9,11,14-15H,10,13H2,1H3,(H2,24,25,26)/t15-/m1/s1. The smallest absolute Gasteiger partial charge is 0.319 e. The van der Waals surface area contributed by atoms with E-state index in [1.807, 2.05) is 12.1 Å². The summed E-state index contributed by atoms with van der Waals surface area (Å²) in [5.41, 5.74) is 1.09. The van der Waals surface area contributed by atoms with Crippen molar-refractivity contribution >= 4 is 23.1 Å². The molecule has 1 atom stereocenters. The van der Waals surface area contributed by atoms with Crippen LogP contribution in [0.2, 0.25) is 0 Å². The van der Waals surface area contributed by atoms with Crippen LogP contribution in [0, 0.1) is 17.2 Å². The largest absolute Gasteiger partial charge is 0.439 e. The van der Waals surface area contributed by atoms with E-state index in [2.05, 4.69) is 34.0 Å². The molecule has 0 aliphatic carbocycles. The van der Waals surface area contributed by atoms with Crippen LogP contribution in [0.1, 0.15) is 17.4 Å². The van der Waals surface area contributed by atoms with E-state index >= 15 is 0 Å². The number of rotatable bonds is 7. The molecular formula is C21H20N4O2S. The highest BCUT2D eigenvalue weighted by molar-refractivity contribution is 7.09. The predicted octanol–water partition coefficient (Wildman–Crippen LogP) is 4.81. The number of thiophene rings is 1. The summed E-state index contributed by atoms with van der Waals surface area (Å²) < 4.78 is 5.67. The minimum Gasteiger partial charge on any atom is -0.439 e. The van der Waals surface area contributed by atoms with Crippen molar-refractivity contribution < 1.29 is 9.53 Å².